The molecule has 1 aliphatic rings. The molecule has 0 aromatic carbocycles. The number of rotatable bonds is 9. The quantitative estimate of drug-likeness (QED) is 0.439. The SMILES string of the molecule is CCNC(=NCC(C)(C)N1CCCCC1)NCCC(=O)NC(C)CC. The van der Waals surface area contributed by atoms with Crippen molar-refractivity contribution in [3.05, 3.63) is 0 Å². The lowest BCUT2D eigenvalue weighted by Gasteiger charge is -2.40. The number of amides is 1. The van der Waals surface area contributed by atoms with Gasteiger partial charge >= 0.3 is 0 Å². The van der Waals surface area contributed by atoms with E-state index in [0.29, 0.717) is 13.0 Å². The summed E-state index contributed by atoms with van der Waals surface area (Å²) in [5, 5.41) is 9.54. The van der Waals surface area contributed by atoms with Crippen molar-refractivity contribution in [3.8, 4) is 0 Å². The van der Waals surface area contributed by atoms with E-state index < -0.39 is 0 Å². The minimum atomic E-state index is 0.0662. The summed E-state index contributed by atoms with van der Waals surface area (Å²) < 4.78 is 0. The van der Waals surface area contributed by atoms with Crippen LogP contribution in [0, 0.1) is 0 Å². The van der Waals surface area contributed by atoms with E-state index in [4.69, 9.17) is 4.99 Å². The summed E-state index contributed by atoms with van der Waals surface area (Å²) in [5.41, 5.74) is 0.0662. The molecular formula is C19H39N5O. The number of hydrogen-bond acceptors (Lipinski definition) is 3. The van der Waals surface area contributed by atoms with Crippen molar-refractivity contribution in [1.82, 2.24) is 20.9 Å². The van der Waals surface area contributed by atoms with Crippen molar-refractivity contribution in [2.24, 2.45) is 4.99 Å². The van der Waals surface area contributed by atoms with Gasteiger partial charge in [-0.1, -0.05) is 13.3 Å². The Kier molecular flexibility index (Phi) is 9.86. The molecule has 25 heavy (non-hydrogen) atoms. The number of likely N-dealkylation sites (tertiary alicyclic amines) is 1. The minimum absolute atomic E-state index is 0.0662. The molecule has 6 heteroatoms. The molecular weight excluding hydrogens is 314 g/mol. The van der Waals surface area contributed by atoms with Gasteiger partial charge in [0.05, 0.1) is 6.54 Å². The summed E-state index contributed by atoms with van der Waals surface area (Å²) in [6, 6.07) is 0.236. The second kappa shape index (κ2) is 11.3. The number of nitrogens with zero attached hydrogens (tertiary/aromatic N) is 2. The molecule has 1 aliphatic heterocycles. The van der Waals surface area contributed by atoms with Crippen LogP contribution in [-0.4, -0.2) is 61.1 Å². The maximum absolute atomic E-state index is 11.9. The van der Waals surface area contributed by atoms with Crippen LogP contribution in [0.25, 0.3) is 0 Å². The predicted octanol–water partition coefficient (Wildman–Crippen LogP) is 2.11. The number of carbonyl (C=O) groups excluding carboxylic acids is 1. The summed E-state index contributed by atoms with van der Waals surface area (Å²) in [4.78, 5) is 19.2. The van der Waals surface area contributed by atoms with Crippen LogP contribution in [0.3, 0.4) is 0 Å². The molecule has 0 aromatic heterocycles. The Morgan fingerprint density at radius 2 is 1.84 bits per heavy atom. The third kappa shape index (κ3) is 8.56. The molecule has 1 saturated heterocycles. The highest BCUT2D eigenvalue weighted by Crippen LogP contribution is 2.20. The van der Waals surface area contributed by atoms with Crippen molar-refractivity contribution in [1.29, 1.82) is 0 Å². The van der Waals surface area contributed by atoms with Crippen LogP contribution in [-0.2, 0) is 4.79 Å². The number of piperidine rings is 1. The van der Waals surface area contributed by atoms with Crippen LogP contribution >= 0.6 is 0 Å². The van der Waals surface area contributed by atoms with Gasteiger partial charge < -0.3 is 16.0 Å². The van der Waals surface area contributed by atoms with Crippen molar-refractivity contribution in [2.45, 2.75) is 78.3 Å². The van der Waals surface area contributed by atoms with Gasteiger partial charge in [-0.3, -0.25) is 14.7 Å². The Labute approximate surface area is 154 Å². The fourth-order valence-electron chi connectivity index (χ4n) is 2.96. The monoisotopic (exact) mass is 353 g/mol. The standard InChI is InChI=1S/C19H39N5O/c1-6-16(3)23-17(25)11-12-21-18(20-7-2)22-15-19(4,5)24-13-9-8-10-14-24/h16H,6-15H2,1-5H3,(H,23,25)(H2,20,21,22). The van der Waals surface area contributed by atoms with Crippen LogP contribution in [0.1, 0.15) is 66.7 Å². The number of carbonyl (C=O) groups is 1. The molecule has 0 spiro atoms. The zero-order valence-electron chi connectivity index (χ0n) is 17.0. The van der Waals surface area contributed by atoms with Gasteiger partial charge in [-0.25, -0.2) is 0 Å². The molecule has 1 atom stereocenters. The summed E-state index contributed by atoms with van der Waals surface area (Å²) in [5.74, 6) is 0.885. The highest BCUT2D eigenvalue weighted by atomic mass is 16.1. The van der Waals surface area contributed by atoms with Crippen molar-refractivity contribution in [2.75, 3.05) is 32.7 Å². The van der Waals surface area contributed by atoms with Crippen LogP contribution in [0.5, 0.6) is 0 Å². The predicted molar refractivity (Wildman–Crippen MR) is 106 cm³/mol. The molecule has 0 saturated carbocycles. The van der Waals surface area contributed by atoms with Gasteiger partial charge in [0.25, 0.3) is 0 Å². The minimum Gasteiger partial charge on any atom is -0.357 e. The topological polar surface area (TPSA) is 68.8 Å². The Hall–Kier alpha value is -1.30. The highest BCUT2D eigenvalue weighted by Gasteiger charge is 2.27. The van der Waals surface area contributed by atoms with Gasteiger partial charge in [0, 0.05) is 31.1 Å². The maximum Gasteiger partial charge on any atom is 0.221 e. The fourth-order valence-corrected chi connectivity index (χ4v) is 2.96. The first-order chi connectivity index (χ1) is 11.9. The Bertz CT molecular complexity index is 416. The lowest BCUT2D eigenvalue weighted by molar-refractivity contribution is -0.121. The van der Waals surface area contributed by atoms with Gasteiger partial charge in [-0.15, -0.1) is 0 Å². The zero-order chi connectivity index (χ0) is 18.7. The van der Waals surface area contributed by atoms with E-state index in [1.54, 1.807) is 0 Å². The molecule has 0 bridgehead atoms. The van der Waals surface area contributed by atoms with Crippen molar-refractivity contribution < 1.29 is 4.79 Å². The highest BCUT2D eigenvalue weighted by molar-refractivity contribution is 5.81. The van der Waals surface area contributed by atoms with Crippen LogP contribution in [0.4, 0.5) is 0 Å². The van der Waals surface area contributed by atoms with E-state index in [-0.39, 0.29) is 17.5 Å². The molecule has 1 heterocycles. The average Bonchev–Trinajstić information content (AvgIpc) is 2.60. The van der Waals surface area contributed by atoms with Crippen molar-refractivity contribution >= 4 is 11.9 Å². The average molecular weight is 354 g/mol. The molecule has 0 aromatic rings. The molecule has 1 amide bonds. The molecule has 0 aliphatic carbocycles. The maximum atomic E-state index is 11.9. The van der Waals surface area contributed by atoms with Crippen molar-refractivity contribution in [3.63, 3.8) is 0 Å². The number of nitrogens with one attached hydrogen (secondary N) is 3. The third-order valence-electron chi connectivity index (χ3n) is 4.84. The Morgan fingerprint density at radius 3 is 2.44 bits per heavy atom. The third-order valence-corrected chi connectivity index (χ3v) is 4.84. The molecule has 1 unspecified atom stereocenters. The second-order valence-electron chi connectivity index (χ2n) is 7.61. The van der Waals surface area contributed by atoms with Gasteiger partial charge in [-0.2, -0.15) is 0 Å². The fraction of sp³-hybridized carbons (Fsp3) is 0.895. The molecule has 1 rings (SSSR count). The first-order valence-electron chi connectivity index (χ1n) is 9.95. The van der Waals surface area contributed by atoms with Crippen LogP contribution in [0.15, 0.2) is 4.99 Å². The van der Waals surface area contributed by atoms with Gasteiger partial charge in [0.15, 0.2) is 5.96 Å². The summed E-state index contributed by atoms with van der Waals surface area (Å²) in [7, 11) is 0. The first kappa shape index (κ1) is 21.7. The Morgan fingerprint density at radius 1 is 1.16 bits per heavy atom. The number of hydrogen-bond donors (Lipinski definition) is 3. The number of guanidine groups is 1. The van der Waals surface area contributed by atoms with Gasteiger partial charge in [0.1, 0.15) is 0 Å². The van der Waals surface area contributed by atoms with Gasteiger partial charge in [-0.05, 0) is 60.0 Å². The largest absolute Gasteiger partial charge is 0.357 e. The van der Waals surface area contributed by atoms with E-state index in [1.165, 1.54) is 32.4 Å². The smallest absolute Gasteiger partial charge is 0.221 e. The molecule has 3 N–H and O–H groups in total. The normalized spacial score (nSPS) is 17.9. The summed E-state index contributed by atoms with van der Waals surface area (Å²) >= 11 is 0. The summed E-state index contributed by atoms with van der Waals surface area (Å²) in [6.07, 6.45) is 5.34. The van der Waals surface area contributed by atoms with E-state index in [2.05, 4.69) is 48.5 Å². The molecule has 0 radical (unpaired) electrons. The van der Waals surface area contributed by atoms with Crippen LogP contribution < -0.4 is 16.0 Å². The molecule has 6 nitrogen and oxygen atoms in total. The van der Waals surface area contributed by atoms with E-state index in [9.17, 15) is 4.79 Å². The Balaban J connectivity index is 2.45. The molecule has 146 valence electrons. The zero-order valence-corrected chi connectivity index (χ0v) is 17.0. The van der Waals surface area contributed by atoms with Crippen LogP contribution in [0.2, 0.25) is 0 Å². The second-order valence-corrected chi connectivity index (χ2v) is 7.61. The lowest BCUT2D eigenvalue weighted by atomic mass is 9.99. The van der Waals surface area contributed by atoms with Gasteiger partial charge in [0.2, 0.25) is 5.91 Å². The summed E-state index contributed by atoms with van der Waals surface area (Å²) in [6.45, 7) is 15.2. The van der Waals surface area contributed by atoms with E-state index in [0.717, 1.165) is 25.5 Å². The van der Waals surface area contributed by atoms with E-state index >= 15 is 0 Å². The van der Waals surface area contributed by atoms with E-state index in [1.807, 2.05) is 6.92 Å². The lowest BCUT2D eigenvalue weighted by Crippen LogP contribution is -2.49. The first-order valence-corrected chi connectivity index (χ1v) is 9.95. The molecule has 1 fully saturated rings. The number of aliphatic imine (C=N–C) groups is 1.